The van der Waals surface area contributed by atoms with E-state index in [9.17, 15) is 14.0 Å². The minimum atomic E-state index is -0.298. The molecule has 2 unspecified atom stereocenters. The summed E-state index contributed by atoms with van der Waals surface area (Å²) in [5.41, 5.74) is 0.359. The quantitative estimate of drug-likeness (QED) is 0.494. The van der Waals surface area contributed by atoms with Gasteiger partial charge >= 0.3 is 0 Å². The molecule has 2 aromatic carbocycles. The van der Waals surface area contributed by atoms with Gasteiger partial charge in [0.15, 0.2) is 6.61 Å². The fraction of sp³-hybridized carbons (Fsp3) is 0.500. The molecule has 3 saturated heterocycles. The Labute approximate surface area is 221 Å². The molecule has 0 aromatic heterocycles. The van der Waals surface area contributed by atoms with Crippen LogP contribution in [0.4, 0.5) is 4.39 Å². The van der Waals surface area contributed by atoms with E-state index >= 15 is 0 Å². The molecule has 5 rings (SSSR count). The fourth-order valence-corrected chi connectivity index (χ4v) is 6.14. The van der Waals surface area contributed by atoms with Crippen molar-refractivity contribution in [2.75, 3.05) is 26.9 Å². The predicted molar refractivity (Wildman–Crippen MR) is 137 cm³/mol. The lowest BCUT2D eigenvalue weighted by molar-refractivity contribution is -0.139. The van der Waals surface area contributed by atoms with Gasteiger partial charge in [-0.2, -0.15) is 0 Å². The minimum absolute atomic E-state index is 0.0139. The van der Waals surface area contributed by atoms with E-state index in [-0.39, 0.29) is 48.5 Å². The van der Waals surface area contributed by atoms with Gasteiger partial charge in [0.25, 0.3) is 11.8 Å². The number of hydrogen-bond donors (Lipinski definition) is 0. The molecule has 2 aromatic rings. The van der Waals surface area contributed by atoms with Crippen LogP contribution in [0.25, 0.3) is 0 Å². The zero-order valence-electron chi connectivity index (χ0n) is 20.9. The number of fused-ring (bicyclic) bond motifs is 2. The molecule has 0 N–H and O–H groups in total. The first-order valence-electron chi connectivity index (χ1n) is 12.9. The first kappa shape index (κ1) is 25.8. The first-order chi connectivity index (χ1) is 17.9. The van der Waals surface area contributed by atoms with Crippen molar-refractivity contribution in [2.45, 2.75) is 62.8 Å². The fourth-order valence-electron chi connectivity index (χ4n) is 5.97. The summed E-state index contributed by atoms with van der Waals surface area (Å²) in [4.78, 5) is 30.4. The number of hydrogen-bond acceptors (Lipinski definition) is 5. The molecule has 9 heteroatoms. The van der Waals surface area contributed by atoms with Crippen LogP contribution in [0.1, 0.15) is 48.9 Å². The van der Waals surface area contributed by atoms with Gasteiger partial charge in [-0.3, -0.25) is 9.59 Å². The number of carbonyl (C=O) groups is 2. The van der Waals surface area contributed by atoms with Crippen LogP contribution >= 0.6 is 11.6 Å². The molecule has 198 valence electrons. The molecule has 3 aliphatic rings. The van der Waals surface area contributed by atoms with Crippen molar-refractivity contribution in [3.05, 3.63) is 58.9 Å². The van der Waals surface area contributed by atoms with Crippen LogP contribution in [0, 0.1) is 5.82 Å². The van der Waals surface area contributed by atoms with Crippen molar-refractivity contribution >= 4 is 23.4 Å². The molecule has 3 atom stereocenters. The molecule has 2 amide bonds. The van der Waals surface area contributed by atoms with E-state index in [1.807, 2.05) is 4.90 Å². The molecule has 0 radical (unpaired) electrons. The number of likely N-dealkylation sites (tertiary alicyclic amines) is 1. The number of methoxy groups -OCH3 is 1. The Kier molecular flexibility index (Phi) is 7.86. The van der Waals surface area contributed by atoms with Crippen LogP contribution in [0.2, 0.25) is 5.02 Å². The molecular formula is C28H32ClFN2O5. The number of benzene rings is 2. The van der Waals surface area contributed by atoms with Gasteiger partial charge in [0.05, 0.1) is 18.2 Å². The van der Waals surface area contributed by atoms with Crippen molar-refractivity contribution in [1.82, 2.24) is 9.80 Å². The summed E-state index contributed by atoms with van der Waals surface area (Å²) in [7, 11) is 1.63. The number of halogens is 2. The second-order valence-corrected chi connectivity index (χ2v) is 10.5. The van der Waals surface area contributed by atoms with E-state index in [1.54, 1.807) is 42.3 Å². The summed E-state index contributed by atoms with van der Waals surface area (Å²) in [6.45, 7) is 0.973. The zero-order valence-corrected chi connectivity index (χ0v) is 21.7. The van der Waals surface area contributed by atoms with Gasteiger partial charge in [0, 0.05) is 43.6 Å². The Bertz CT molecular complexity index is 1120. The van der Waals surface area contributed by atoms with E-state index in [2.05, 4.69) is 0 Å². The highest BCUT2D eigenvalue weighted by Crippen LogP contribution is 2.37. The normalized spacial score (nSPS) is 24.8. The average molecular weight is 531 g/mol. The smallest absolute Gasteiger partial charge is 0.261 e. The van der Waals surface area contributed by atoms with E-state index in [1.165, 1.54) is 12.1 Å². The number of nitrogens with zero attached hydrogens (tertiary/aromatic N) is 2. The van der Waals surface area contributed by atoms with Crippen LogP contribution in [-0.2, 0) is 9.53 Å². The van der Waals surface area contributed by atoms with E-state index in [0.29, 0.717) is 35.2 Å². The molecule has 37 heavy (non-hydrogen) atoms. The maximum atomic E-state index is 13.4. The van der Waals surface area contributed by atoms with Gasteiger partial charge in [-0.15, -0.1) is 0 Å². The Balaban J connectivity index is 1.22. The van der Waals surface area contributed by atoms with E-state index in [0.717, 1.165) is 38.5 Å². The summed E-state index contributed by atoms with van der Waals surface area (Å²) in [5.74, 6) is 0.434. The van der Waals surface area contributed by atoms with Crippen LogP contribution in [0.5, 0.6) is 11.5 Å². The average Bonchev–Trinajstić information content (AvgIpc) is 3.46. The Hall–Kier alpha value is -2.84. The third kappa shape index (κ3) is 5.70. The Morgan fingerprint density at radius 2 is 1.78 bits per heavy atom. The van der Waals surface area contributed by atoms with Crippen LogP contribution in [0.15, 0.2) is 42.5 Å². The van der Waals surface area contributed by atoms with Crippen molar-refractivity contribution in [2.24, 2.45) is 0 Å². The van der Waals surface area contributed by atoms with Crippen molar-refractivity contribution in [3.63, 3.8) is 0 Å². The molecule has 3 fully saturated rings. The third-order valence-corrected chi connectivity index (χ3v) is 7.85. The predicted octanol–water partition coefficient (Wildman–Crippen LogP) is 4.71. The topological polar surface area (TPSA) is 68.3 Å². The lowest BCUT2D eigenvalue weighted by atomic mass is 9.99. The molecular weight excluding hydrogens is 499 g/mol. The number of carbonyl (C=O) groups excluding carboxylic acids is 2. The Morgan fingerprint density at radius 1 is 1.05 bits per heavy atom. The first-order valence-corrected chi connectivity index (χ1v) is 13.3. The maximum Gasteiger partial charge on any atom is 0.261 e. The second-order valence-electron chi connectivity index (χ2n) is 10.0. The molecule has 7 nitrogen and oxygen atoms in total. The summed E-state index contributed by atoms with van der Waals surface area (Å²) in [6.07, 6.45) is 5.06. The van der Waals surface area contributed by atoms with Crippen LogP contribution in [-0.4, -0.2) is 72.7 Å². The highest BCUT2D eigenvalue weighted by atomic mass is 35.5. The van der Waals surface area contributed by atoms with E-state index in [4.69, 9.17) is 25.8 Å². The van der Waals surface area contributed by atoms with Gasteiger partial charge in [-0.05, 0) is 68.1 Å². The number of rotatable bonds is 8. The summed E-state index contributed by atoms with van der Waals surface area (Å²) >= 11 is 6.22. The van der Waals surface area contributed by atoms with E-state index < -0.39 is 0 Å². The van der Waals surface area contributed by atoms with Gasteiger partial charge < -0.3 is 24.0 Å². The van der Waals surface area contributed by atoms with Crippen LogP contribution < -0.4 is 9.47 Å². The monoisotopic (exact) mass is 530 g/mol. The summed E-state index contributed by atoms with van der Waals surface area (Å²) in [5, 5.41) is 0.436. The molecule has 2 bridgehead atoms. The maximum absolute atomic E-state index is 13.4. The molecule has 0 spiro atoms. The third-order valence-electron chi connectivity index (χ3n) is 7.61. The molecule has 0 aliphatic carbocycles. The zero-order chi connectivity index (χ0) is 25.9. The van der Waals surface area contributed by atoms with Crippen molar-refractivity contribution < 1.29 is 28.2 Å². The molecule has 3 heterocycles. The van der Waals surface area contributed by atoms with Crippen molar-refractivity contribution in [1.29, 1.82) is 0 Å². The number of amides is 2. The highest BCUT2D eigenvalue weighted by Gasteiger charge is 2.44. The number of ether oxygens (including phenoxy) is 3. The van der Waals surface area contributed by atoms with Gasteiger partial charge in [-0.1, -0.05) is 11.6 Å². The standard InChI is InChI=1S/C28H32ClFN2O5/c1-35-16-22-3-2-12-31(22)28(34)25-13-18(29)4-11-26(25)36-17-27(33)32-20-7-8-21(32)15-24(14-20)37-23-9-5-19(30)6-10-23/h4-6,9-11,13,20-22,24H,2-3,7-8,12,14-17H2,1H3/t20?,21?,22-,24?/m1/s1. The van der Waals surface area contributed by atoms with Crippen molar-refractivity contribution in [3.8, 4) is 11.5 Å². The Morgan fingerprint density at radius 3 is 2.49 bits per heavy atom. The lowest BCUT2D eigenvalue weighted by Crippen LogP contribution is -2.50. The SMILES string of the molecule is COC[C@H]1CCCN1C(=O)c1cc(Cl)ccc1OCC(=O)N1C2CCC1CC(Oc1ccc(F)cc1)C2. The highest BCUT2D eigenvalue weighted by molar-refractivity contribution is 6.31. The minimum Gasteiger partial charge on any atom is -0.490 e. The summed E-state index contributed by atoms with van der Waals surface area (Å²) < 4.78 is 30.5. The largest absolute Gasteiger partial charge is 0.490 e. The lowest BCUT2D eigenvalue weighted by Gasteiger charge is -2.38. The molecule has 3 aliphatic heterocycles. The molecule has 0 saturated carbocycles. The van der Waals surface area contributed by atoms with Gasteiger partial charge in [0.2, 0.25) is 0 Å². The van der Waals surface area contributed by atoms with Crippen LogP contribution in [0.3, 0.4) is 0 Å². The van der Waals surface area contributed by atoms with Gasteiger partial charge in [0.1, 0.15) is 23.4 Å². The number of piperidine rings is 1. The van der Waals surface area contributed by atoms with Gasteiger partial charge in [-0.25, -0.2) is 4.39 Å². The second kappa shape index (κ2) is 11.3. The summed E-state index contributed by atoms with van der Waals surface area (Å²) in [6, 6.07) is 11.1.